The Labute approximate surface area is 146 Å². The quantitative estimate of drug-likeness (QED) is 0.531. The molecule has 0 aliphatic heterocycles. The maximum atomic E-state index is 11.1. The molecule has 0 saturated heterocycles. The van der Waals surface area contributed by atoms with E-state index in [1.54, 1.807) is 12.1 Å². The van der Waals surface area contributed by atoms with Crippen molar-refractivity contribution in [3.05, 3.63) is 75.5 Å². The van der Waals surface area contributed by atoms with Crippen molar-refractivity contribution in [3.8, 4) is 0 Å². The molecule has 3 aromatic rings. The summed E-state index contributed by atoms with van der Waals surface area (Å²) < 4.78 is 0. The van der Waals surface area contributed by atoms with Crippen molar-refractivity contribution in [2.24, 2.45) is 0 Å². The molecule has 1 aliphatic rings. The van der Waals surface area contributed by atoms with Crippen LogP contribution < -0.4 is 5.32 Å². The van der Waals surface area contributed by atoms with Gasteiger partial charge in [-0.3, -0.25) is 10.1 Å². The predicted octanol–water partition coefficient (Wildman–Crippen LogP) is 4.80. The molecule has 0 bridgehead atoms. The number of nitro groups is 1. The third-order valence-corrected chi connectivity index (χ3v) is 5.15. The molecule has 5 nitrogen and oxygen atoms in total. The summed E-state index contributed by atoms with van der Waals surface area (Å²) in [5.74, 6) is 0. The lowest BCUT2D eigenvalue weighted by molar-refractivity contribution is -0.384. The number of aromatic amines is 1. The number of nitrogens with one attached hydrogen (secondary N) is 2. The number of H-pyrrole nitrogens is 1. The van der Waals surface area contributed by atoms with Gasteiger partial charge in [0.05, 0.1) is 4.92 Å². The van der Waals surface area contributed by atoms with Gasteiger partial charge in [0.1, 0.15) is 0 Å². The number of aryl methyl sites for hydroxylation is 1. The SMILES string of the molecule is C[C@@H](NC1CCCc2c1[nH]c1ccc([N+](=O)[O-])cc21)c1ccccc1. The normalized spacial score (nSPS) is 18.0. The van der Waals surface area contributed by atoms with Crippen molar-refractivity contribution in [1.29, 1.82) is 0 Å². The van der Waals surface area contributed by atoms with Crippen LogP contribution in [0.5, 0.6) is 0 Å². The van der Waals surface area contributed by atoms with Crippen LogP contribution in [-0.4, -0.2) is 9.91 Å². The number of aromatic nitrogens is 1. The summed E-state index contributed by atoms with van der Waals surface area (Å²) >= 11 is 0. The zero-order chi connectivity index (χ0) is 17.4. The Balaban J connectivity index is 1.68. The molecule has 25 heavy (non-hydrogen) atoms. The highest BCUT2D eigenvalue weighted by Gasteiger charge is 2.26. The fraction of sp³-hybridized carbons (Fsp3) is 0.300. The lowest BCUT2D eigenvalue weighted by Crippen LogP contribution is -2.27. The van der Waals surface area contributed by atoms with E-state index in [2.05, 4.69) is 41.5 Å². The molecule has 5 heteroatoms. The van der Waals surface area contributed by atoms with Gasteiger partial charge < -0.3 is 10.3 Å². The standard InChI is InChI=1S/C20H21N3O2/c1-13(14-6-3-2-4-7-14)21-19-9-5-8-16-17-12-15(23(24)25)10-11-18(17)22-20(16)19/h2-4,6-7,10-13,19,21-22H,5,8-9H2,1H3/t13-,19?/m1/s1. The van der Waals surface area contributed by atoms with E-state index < -0.39 is 0 Å². The highest BCUT2D eigenvalue weighted by molar-refractivity contribution is 5.87. The summed E-state index contributed by atoms with van der Waals surface area (Å²) in [4.78, 5) is 14.3. The van der Waals surface area contributed by atoms with Crippen LogP contribution >= 0.6 is 0 Å². The molecular formula is C20H21N3O2. The van der Waals surface area contributed by atoms with Gasteiger partial charge in [0.25, 0.3) is 5.69 Å². The van der Waals surface area contributed by atoms with Crippen molar-refractivity contribution in [2.45, 2.75) is 38.3 Å². The van der Waals surface area contributed by atoms with E-state index in [-0.39, 0.29) is 22.7 Å². The van der Waals surface area contributed by atoms with Crippen molar-refractivity contribution in [3.63, 3.8) is 0 Å². The van der Waals surface area contributed by atoms with Gasteiger partial charge in [-0.25, -0.2) is 0 Å². The second-order valence-corrected chi connectivity index (χ2v) is 6.75. The molecule has 4 rings (SSSR count). The van der Waals surface area contributed by atoms with Gasteiger partial charge in [-0.2, -0.15) is 0 Å². The topological polar surface area (TPSA) is 71.0 Å². The van der Waals surface area contributed by atoms with Crippen molar-refractivity contribution >= 4 is 16.6 Å². The van der Waals surface area contributed by atoms with Crippen LogP contribution in [0, 0.1) is 10.1 Å². The maximum absolute atomic E-state index is 11.1. The first-order chi connectivity index (χ1) is 12.1. The van der Waals surface area contributed by atoms with Crippen molar-refractivity contribution in [1.82, 2.24) is 10.3 Å². The maximum Gasteiger partial charge on any atom is 0.270 e. The molecule has 0 radical (unpaired) electrons. The Hall–Kier alpha value is -2.66. The second kappa shape index (κ2) is 6.33. The Morgan fingerprint density at radius 2 is 2.04 bits per heavy atom. The summed E-state index contributed by atoms with van der Waals surface area (Å²) in [7, 11) is 0. The highest BCUT2D eigenvalue weighted by Crippen LogP contribution is 2.37. The van der Waals surface area contributed by atoms with E-state index in [0.29, 0.717) is 0 Å². The zero-order valence-electron chi connectivity index (χ0n) is 14.2. The molecule has 0 spiro atoms. The molecule has 1 aromatic heterocycles. The number of non-ortho nitro benzene ring substituents is 1. The second-order valence-electron chi connectivity index (χ2n) is 6.75. The largest absolute Gasteiger partial charge is 0.357 e. The molecule has 0 amide bonds. The number of hydrogen-bond donors (Lipinski definition) is 2. The predicted molar refractivity (Wildman–Crippen MR) is 98.6 cm³/mol. The fourth-order valence-corrected chi connectivity index (χ4v) is 3.87. The van der Waals surface area contributed by atoms with Crippen LogP contribution in [0.1, 0.15) is 48.7 Å². The van der Waals surface area contributed by atoms with Crippen LogP contribution in [0.15, 0.2) is 48.5 Å². The van der Waals surface area contributed by atoms with Crippen LogP contribution in [0.25, 0.3) is 10.9 Å². The summed E-state index contributed by atoms with van der Waals surface area (Å²) in [5, 5.41) is 15.8. The van der Waals surface area contributed by atoms with Crippen LogP contribution in [0.3, 0.4) is 0 Å². The summed E-state index contributed by atoms with van der Waals surface area (Å²) in [6.45, 7) is 2.18. The van der Waals surface area contributed by atoms with Crippen LogP contribution in [0.4, 0.5) is 5.69 Å². The molecular weight excluding hydrogens is 314 g/mol. The smallest absolute Gasteiger partial charge is 0.270 e. The lowest BCUT2D eigenvalue weighted by Gasteiger charge is -2.27. The number of nitro benzene ring substituents is 1. The van der Waals surface area contributed by atoms with Crippen molar-refractivity contribution < 1.29 is 4.92 Å². The summed E-state index contributed by atoms with van der Waals surface area (Å²) in [6.07, 6.45) is 3.12. The van der Waals surface area contributed by atoms with E-state index in [4.69, 9.17) is 0 Å². The van der Waals surface area contributed by atoms with Gasteiger partial charge in [-0.1, -0.05) is 30.3 Å². The minimum atomic E-state index is -0.325. The molecule has 0 saturated carbocycles. The van der Waals surface area contributed by atoms with Gasteiger partial charge in [-0.05, 0) is 43.4 Å². The zero-order valence-corrected chi connectivity index (χ0v) is 14.2. The first-order valence-corrected chi connectivity index (χ1v) is 8.73. The van der Waals surface area contributed by atoms with E-state index in [0.717, 1.165) is 30.2 Å². The average Bonchev–Trinajstić information content (AvgIpc) is 3.01. The van der Waals surface area contributed by atoms with Gasteiger partial charge in [-0.15, -0.1) is 0 Å². The van der Waals surface area contributed by atoms with E-state index in [9.17, 15) is 10.1 Å². The minimum absolute atomic E-state index is 0.155. The third kappa shape index (κ3) is 2.91. The highest BCUT2D eigenvalue weighted by atomic mass is 16.6. The summed E-state index contributed by atoms with van der Waals surface area (Å²) in [5.41, 5.74) is 4.81. The lowest BCUT2D eigenvalue weighted by atomic mass is 9.91. The Morgan fingerprint density at radius 1 is 1.24 bits per heavy atom. The molecule has 0 fully saturated rings. The fourth-order valence-electron chi connectivity index (χ4n) is 3.87. The number of hydrogen-bond acceptors (Lipinski definition) is 3. The Bertz CT molecular complexity index is 917. The molecule has 2 N–H and O–H groups in total. The molecule has 2 atom stereocenters. The monoisotopic (exact) mass is 335 g/mol. The van der Waals surface area contributed by atoms with Gasteiger partial charge in [0, 0.05) is 40.8 Å². The number of nitrogens with zero attached hydrogens (tertiary/aromatic N) is 1. The minimum Gasteiger partial charge on any atom is -0.357 e. The molecule has 1 aliphatic carbocycles. The summed E-state index contributed by atoms with van der Waals surface area (Å²) in [6, 6.07) is 16.0. The third-order valence-electron chi connectivity index (χ3n) is 5.15. The van der Waals surface area contributed by atoms with Gasteiger partial charge in [0.2, 0.25) is 0 Å². The van der Waals surface area contributed by atoms with Crippen LogP contribution in [0.2, 0.25) is 0 Å². The molecule has 128 valence electrons. The van der Waals surface area contributed by atoms with E-state index in [1.807, 2.05) is 12.1 Å². The molecule has 1 heterocycles. The first kappa shape index (κ1) is 15.8. The molecule has 2 aromatic carbocycles. The number of benzene rings is 2. The van der Waals surface area contributed by atoms with Crippen molar-refractivity contribution in [2.75, 3.05) is 0 Å². The van der Waals surface area contributed by atoms with Crippen LogP contribution in [-0.2, 0) is 6.42 Å². The Morgan fingerprint density at radius 3 is 2.80 bits per heavy atom. The van der Waals surface area contributed by atoms with E-state index in [1.165, 1.54) is 16.8 Å². The average molecular weight is 335 g/mol. The molecule has 1 unspecified atom stereocenters. The number of rotatable bonds is 4. The van der Waals surface area contributed by atoms with Gasteiger partial charge >= 0.3 is 0 Å². The first-order valence-electron chi connectivity index (χ1n) is 8.73. The Kier molecular flexibility index (Phi) is 4.01. The number of fused-ring (bicyclic) bond motifs is 3. The van der Waals surface area contributed by atoms with E-state index >= 15 is 0 Å². The van der Waals surface area contributed by atoms with Gasteiger partial charge in [0.15, 0.2) is 0 Å².